The summed E-state index contributed by atoms with van der Waals surface area (Å²) < 4.78 is 16.2. The molecule has 0 aliphatic carbocycles. The first-order chi connectivity index (χ1) is 6.07. The Bertz CT molecular complexity index is 252. The summed E-state index contributed by atoms with van der Waals surface area (Å²) in [5.41, 5.74) is 0. The molecule has 0 aliphatic rings. The second kappa shape index (κ2) is 5.99. The number of ether oxygens (including phenoxy) is 1. The van der Waals surface area contributed by atoms with E-state index in [1.54, 1.807) is 6.07 Å². The fraction of sp³-hybridized carbons (Fsp3) is 0.222. The van der Waals surface area contributed by atoms with Crippen LogP contribution in [0.5, 0.6) is 5.75 Å². The van der Waals surface area contributed by atoms with Crippen LogP contribution < -0.4 is 0 Å². The van der Waals surface area contributed by atoms with Crippen molar-refractivity contribution in [3.8, 4) is 5.75 Å². The van der Waals surface area contributed by atoms with Crippen LogP contribution in [0, 0.1) is 5.82 Å². The van der Waals surface area contributed by atoms with Gasteiger partial charge in [-0.25, -0.2) is 4.39 Å². The van der Waals surface area contributed by atoms with Crippen molar-refractivity contribution in [2.45, 2.75) is 6.92 Å². The SMILES string of the molecule is COC(C)=O.Oc1ccccc1F. The average molecular weight is 186 g/mol. The number of halogens is 1. The quantitative estimate of drug-likeness (QED) is 0.627. The molecule has 72 valence electrons. The van der Waals surface area contributed by atoms with Gasteiger partial charge in [0.15, 0.2) is 11.6 Å². The van der Waals surface area contributed by atoms with Crippen LogP contribution in [0.4, 0.5) is 4.39 Å². The van der Waals surface area contributed by atoms with Crippen molar-refractivity contribution in [1.82, 2.24) is 0 Å². The summed E-state index contributed by atoms with van der Waals surface area (Å²) >= 11 is 0. The van der Waals surface area contributed by atoms with Gasteiger partial charge in [-0.15, -0.1) is 0 Å². The van der Waals surface area contributed by atoms with Gasteiger partial charge in [-0.2, -0.15) is 0 Å². The standard InChI is InChI=1S/C6H5FO.C3H6O2/c7-5-3-1-2-4-6(5)8;1-3(4)5-2/h1-4,8H;1-2H3. The summed E-state index contributed by atoms with van der Waals surface area (Å²) in [6, 6.07) is 5.60. The summed E-state index contributed by atoms with van der Waals surface area (Å²) in [7, 11) is 1.35. The van der Waals surface area contributed by atoms with Crippen LogP contribution in [0.3, 0.4) is 0 Å². The molecule has 1 rings (SSSR count). The molecule has 0 aromatic heterocycles. The lowest BCUT2D eigenvalue weighted by molar-refractivity contribution is -0.137. The van der Waals surface area contributed by atoms with E-state index < -0.39 is 5.82 Å². The van der Waals surface area contributed by atoms with E-state index >= 15 is 0 Å². The maximum Gasteiger partial charge on any atom is 0.302 e. The minimum Gasteiger partial charge on any atom is -0.505 e. The molecule has 0 atom stereocenters. The number of para-hydroxylation sites is 1. The molecule has 0 unspecified atom stereocenters. The van der Waals surface area contributed by atoms with Crippen LogP contribution in [-0.4, -0.2) is 18.2 Å². The zero-order chi connectivity index (χ0) is 10.3. The molecule has 0 amide bonds. The van der Waals surface area contributed by atoms with Crippen molar-refractivity contribution in [3.63, 3.8) is 0 Å². The maximum atomic E-state index is 12.1. The summed E-state index contributed by atoms with van der Waals surface area (Å²) in [5.74, 6) is -1.12. The molecule has 0 saturated heterocycles. The number of benzene rings is 1. The van der Waals surface area contributed by atoms with Crippen LogP contribution in [0.2, 0.25) is 0 Å². The lowest BCUT2D eigenvalue weighted by Gasteiger charge is -1.88. The highest BCUT2D eigenvalue weighted by Crippen LogP contribution is 2.11. The Kier molecular flexibility index (Phi) is 5.27. The van der Waals surface area contributed by atoms with Gasteiger partial charge < -0.3 is 9.84 Å². The van der Waals surface area contributed by atoms with Gasteiger partial charge in [-0.1, -0.05) is 12.1 Å². The molecule has 3 nitrogen and oxygen atoms in total. The highest BCUT2D eigenvalue weighted by molar-refractivity contribution is 5.65. The monoisotopic (exact) mass is 186 g/mol. The third kappa shape index (κ3) is 5.66. The molecule has 0 bridgehead atoms. The zero-order valence-electron chi connectivity index (χ0n) is 7.45. The van der Waals surface area contributed by atoms with Crippen molar-refractivity contribution >= 4 is 5.97 Å². The van der Waals surface area contributed by atoms with E-state index in [9.17, 15) is 9.18 Å². The van der Waals surface area contributed by atoms with E-state index in [1.165, 1.54) is 32.2 Å². The largest absolute Gasteiger partial charge is 0.505 e. The lowest BCUT2D eigenvalue weighted by atomic mass is 10.3. The van der Waals surface area contributed by atoms with E-state index in [2.05, 4.69) is 4.74 Å². The van der Waals surface area contributed by atoms with E-state index in [-0.39, 0.29) is 11.7 Å². The highest BCUT2D eigenvalue weighted by atomic mass is 19.1. The molecular weight excluding hydrogens is 175 g/mol. The van der Waals surface area contributed by atoms with Gasteiger partial charge in [0.2, 0.25) is 0 Å². The number of aromatic hydroxyl groups is 1. The van der Waals surface area contributed by atoms with Crippen LogP contribution in [0.1, 0.15) is 6.92 Å². The van der Waals surface area contributed by atoms with Crippen molar-refractivity contribution in [2.75, 3.05) is 7.11 Å². The second-order valence-electron chi connectivity index (χ2n) is 2.15. The third-order valence-corrected chi connectivity index (χ3v) is 1.14. The van der Waals surface area contributed by atoms with Crippen LogP contribution in [-0.2, 0) is 9.53 Å². The smallest absolute Gasteiger partial charge is 0.302 e. The molecule has 0 aliphatic heterocycles. The van der Waals surface area contributed by atoms with Gasteiger partial charge in [0.25, 0.3) is 0 Å². The zero-order valence-corrected chi connectivity index (χ0v) is 7.45. The first kappa shape index (κ1) is 11.4. The van der Waals surface area contributed by atoms with E-state index in [4.69, 9.17) is 5.11 Å². The van der Waals surface area contributed by atoms with Crippen molar-refractivity contribution < 1.29 is 19.0 Å². The minimum atomic E-state index is -0.576. The Morgan fingerprint density at radius 1 is 1.46 bits per heavy atom. The van der Waals surface area contributed by atoms with Gasteiger partial charge in [0, 0.05) is 6.92 Å². The molecule has 13 heavy (non-hydrogen) atoms. The Hall–Kier alpha value is -1.58. The van der Waals surface area contributed by atoms with Gasteiger partial charge in [0.1, 0.15) is 0 Å². The maximum absolute atomic E-state index is 12.1. The van der Waals surface area contributed by atoms with Gasteiger partial charge in [-0.05, 0) is 12.1 Å². The fourth-order valence-corrected chi connectivity index (χ4v) is 0.452. The van der Waals surface area contributed by atoms with Gasteiger partial charge >= 0.3 is 5.97 Å². The third-order valence-electron chi connectivity index (χ3n) is 1.14. The molecule has 0 saturated carbocycles. The Morgan fingerprint density at radius 2 is 1.92 bits per heavy atom. The van der Waals surface area contributed by atoms with Gasteiger partial charge in [0.05, 0.1) is 7.11 Å². The topological polar surface area (TPSA) is 46.5 Å². The van der Waals surface area contributed by atoms with Crippen LogP contribution in [0.25, 0.3) is 0 Å². The minimum absolute atomic E-state index is 0.245. The molecule has 0 fully saturated rings. The number of carbonyl (C=O) groups is 1. The summed E-state index contributed by atoms with van der Waals surface area (Å²) in [6.07, 6.45) is 0. The second-order valence-corrected chi connectivity index (χ2v) is 2.15. The first-order valence-corrected chi connectivity index (χ1v) is 3.56. The van der Waals surface area contributed by atoms with E-state index in [1.807, 2.05) is 0 Å². The number of rotatable bonds is 0. The number of carbonyl (C=O) groups excluding carboxylic acids is 1. The Morgan fingerprint density at radius 3 is 2.15 bits per heavy atom. The highest BCUT2D eigenvalue weighted by Gasteiger charge is 1.92. The Balaban J connectivity index is 0.000000252. The molecule has 0 radical (unpaired) electrons. The van der Waals surface area contributed by atoms with Crippen molar-refractivity contribution in [1.29, 1.82) is 0 Å². The number of hydrogen-bond acceptors (Lipinski definition) is 3. The van der Waals surface area contributed by atoms with Crippen LogP contribution >= 0.6 is 0 Å². The number of esters is 1. The van der Waals surface area contributed by atoms with Crippen molar-refractivity contribution in [2.24, 2.45) is 0 Å². The molecule has 0 heterocycles. The summed E-state index contributed by atoms with van der Waals surface area (Å²) in [6.45, 7) is 1.36. The number of hydrogen-bond donors (Lipinski definition) is 1. The predicted molar refractivity (Wildman–Crippen MR) is 45.8 cm³/mol. The molecule has 0 spiro atoms. The normalized spacial score (nSPS) is 8.23. The number of phenols is 1. The summed E-state index contributed by atoms with van der Waals surface area (Å²) in [5, 5.41) is 8.54. The molecule has 4 heteroatoms. The molecular formula is C9H11FO3. The molecule has 1 aromatic carbocycles. The van der Waals surface area contributed by atoms with Crippen molar-refractivity contribution in [3.05, 3.63) is 30.1 Å². The van der Waals surface area contributed by atoms with Crippen LogP contribution in [0.15, 0.2) is 24.3 Å². The van der Waals surface area contributed by atoms with E-state index in [0.717, 1.165) is 0 Å². The van der Waals surface area contributed by atoms with E-state index in [0.29, 0.717) is 0 Å². The average Bonchev–Trinajstić information content (AvgIpc) is 2.11. The number of phenolic OH excluding ortho intramolecular Hbond substituents is 1. The first-order valence-electron chi connectivity index (χ1n) is 3.56. The van der Waals surface area contributed by atoms with Gasteiger partial charge in [-0.3, -0.25) is 4.79 Å². The molecule has 1 N–H and O–H groups in total. The fourth-order valence-electron chi connectivity index (χ4n) is 0.452. The Labute approximate surface area is 75.8 Å². The lowest BCUT2D eigenvalue weighted by Crippen LogP contribution is -1.88. The molecule has 1 aromatic rings. The summed E-state index contributed by atoms with van der Waals surface area (Å²) in [4.78, 5) is 9.59. The predicted octanol–water partition coefficient (Wildman–Crippen LogP) is 1.71. The number of methoxy groups -OCH3 is 1.